The van der Waals surface area contributed by atoms with Crippen molar-refractivity contribution in [1.82, 2.24) is 14.9 Å². The van der Waals surface area contributed by atoms with Gasteiger partial charge in [0.25, 0.3) is 0 Å². The molecule has 5 heteroatoms. The van der Waals surface area contributed by atoms with Gasteiger partial charge in [0.1, 0.15) is 18.0 Å². The summed E-state index contributed by atoms with van der Waals surface area (Å²) in [5.74, 6) is 1.79. The van der Waals surface area contributed by atoms with Crippen molar-refractivity contribution in [3.63, 3.8) is 0 Å². The summed E-state index contributed by atoms with van der Waals surface area (Å²) in [5, 5.41) is 6.61. The fraction of sp³-hybridized carbons (Fsp3) is 0.692. The molecule has 0 radical (unpaired) electrons. The number of nitrogens with one attached hydrogen (secondary N) is 2. The molecule has 0 aromatic carbocycles. The lowest BCUT2D eigenvalue weighted by atomic mass is 10.2. The fourth-order valence-electron chi connectivity index (χ4n) is 2.50. The maximum atomic E-state index is 4.25. The zero-order valence-corrected chi connectivity index (χ0v) is 11.3. The molecule has 2 rings (SSSR count). The molecule has 0 bridgehead atoms. The largest absolute Gasteiger partial charge is 0.370 e. The van der Waals surface area contributed by atoms with Gasteiger partial charge in [0.2, 0.25) is 0 Å². The van der Waals surface area contributed by atoms with Crippen LogP contribution in [0.4, 0.5) is 11.6 Å². The summed E-state index contributed by atoms with van der Waals surface area (Å²) in [6, 6.07) is 2.61. The second kappa shape index (κ2) is 6.54. The molecule has 18 heavy (non-hydrogen) atoms. The van der Waals surface area contributed by atoms with E-state index in [1.54, 1.807) is 6.33 Å². The van der Waals surface area contributed by atoms with E-state index in [2.05, 4.69) is 39.3 Å². The lowest BCUT2D eigenvalue weighted by Crippen LogP contribution is -2.34. The molecule has 1 unspecified atom stereocenters. The first-order valence-corrected chi connectivity index (χ1v) is 6.87. The molecule has 1 fully saturated rings. The highest BCUT2D eigenvalue weighted by molar-refractivity contribution is 5.46. The van der Waals surface area contributed by atoms with Crippen LogP contribution in [0.5, 0.6) is 0 Å². The third kappa shape index (κ3) is 3.32. The Bertz CT molecular complexity index is 368. The maximum absolute atomic E-state index is 4.25. The SMILES string of the molecule is CCNc1cc(NCC2CCCN2CC)ncn1. The molecule has 1 aromatic heterocycles. The maximum Gasteiger partial charge on any atom is 0.131 e. The average Bonchev–Trinajstić information content (AvgIpc) is 2.84. The van der Waals surface area contributed by atoms with Crippen LogP contribution in [0.15, 0.2) is 12.4 Å². The van der Waals surface area contributed by atoms with E-state index in [0.717, 1.165) is 31.3 Å². The van der Waals surface area contributed by atoms with Crippen molar-refractivity contribution in [2.24, 2.45) is 0 Å². The number of nitrogens with zero attached hydrogens (tertiary/aromatic N) is 3. The van der Waals surface area contributed by atoms with E-state index in [9.17, 15) is 0 Å². The van der Waals surface area contributed by atoms with E-state index in [4.69, 9.17) is 0 Å². The second-order valence-electron chi connectivity index (χ2n) is 4.62. The Morgan fingerprint density at radius 3 is 2.78 bits per heavy atom. The molecule has 2 N–H and O–H groups in total. The second-order valence-corrected chi connectivity index (χ2v) is 4.62. The van der Waals surface area contributed by atoms with Gasteiger partial charge in [0, 0.05) is 25.2 Å². The molecule has 0 saturated carbocycles. The number of anilines is 2. The Balaban J connectivity index is 1.87. The summed E-state index contributed by atoms with van der Waals surface area (Å²) in [7, 11) is 0. The van der Waals surface area contributed by atoms with Crippen molar-refractivity contribution in [2.45, 2.75) is 32.7 Å². The highest BCUT2D eigenvalue weighted by Gasteiger charge is 2.22. The van der Waals surface area contributed by atoms with Gasteiger partial charge in [0.15, 0.2) is 0 Å². The third-order valence-corrected chi connectivity index (χ3v) is 3.45. The van der Waals surface area contributed by atoms with Crippen LogP contribution in [0.1, 0.15) is 26.7 Å². The van der Waals surface area contributed by atoms with Crippen LogP contribution in [0.25, 0.3) is 0 Å². The van der Waals surface area contributed by atoms with Crippen LogP contribution in [-0.4, -0.2) is 47.1 Å². The molecule has 1 aliphatic heterocycles. The van der Waals surface area contributed by atoms with E-state index in [1.165, 1.54) is 19.4 Å². The first-order chi connectivity index (χ1) is 8.83. The van der Waals surface area contributed by atoms with Crippen molar-refractivity contribution in [1.29, 1.82) is 0 Å². The molecule has 0 spiro atoms. The zero-order chi connectivity index (χ0) is 12.8. The van der Waals surface area contributed by atoms with Gasteiger partial charge in [-0.3, -0.25) is 4.90 Å². The molecule has 0 aliphatic carbocycles. The summed E-state index contributed by atoms with van der Waals surface area (Å²) in [6.07, 6.45) is 4.20. The molecule has 1 aliphatic rings. The highest BCUT2D eigenvalue weighted by Crippen LogP contribution is 2.17. The van der Waals surface area contributed by atoms with Crippen LogP contribution in [0.3, 0.4) is 0 Å². The van der Waals surface area contributed by atoms with E-state index in [-0.39, 0.29) is 0 Å². The summed E-state index contributed by atoms with van der Waals surface area (Å²) >= 11 is 0. The first kappa shape index (κ1) is 13.1. The minimum atomic E-state index is 0.646. The Labute approximate surface area is 109 Å². The summed E-state index contributed by atoms with van der Waals surface area (Å²) < 4.78 is 0. The van der Waals surface area contributed by atoms with Gasteiger partial charge in [-0.2, -0.15) is 0 Å². The number of aromatic nitrogens is 2. The summed E-state index contributed by atoms with van der Waals surface area (Å²) in [5.41, 5.74) is 0. The molecule has 1 saturated heterocycles. The third-order valence-electron chi connectivity index (χ3n) is 3.45. The predicted octanol–water partition coefficient (Wildman–Crippen LogP) is 1.80. The molecule has 1 aromatic rings. The fourth-order valence-corrected chi connectivity index (χ4v) is 2.50. The van der Waals surface area contributed by atoms with Gasteiger partial charge in [-0.1, -0.05) is 6.92 Å². The van der Waals surface area contributed by atoms with Crippen molar-refractivity contribution >= 4 is 11.6 Å². The van der Waals surface area contributed by atoms with E-state index in [0.29, 0.717) is 6.04 Å². The molecule has 1 atom stereocenters. The molecule has 0 amide bonds. The topological polar surface area (TPSA) is 53.1 Å². The lowest BCUT2D eigenvalue weighted by molar-refractivity contribution is 0.277. The van der Waals surface area contributed by atoms with E-state index in [1.807, 2.05) is 6.07 Å². The zero-order valence-electron chi connectivity index (χ0n) is 11.3. The highest BCUT2D eigenvalue weighted by atomic mass is 15.2. The Kier molecular flexibility index (Phi) is 4.75. The van der Waals surface area contributed by atoms with Crippen molar-refractivity contribution in [3.05, 3.63) is 12.4 Å². The summed E-state index contributed by atoms with van der Waals surface area (Å²) in [6.45, 7) is 8.51. The Hall–Kier alpha value is -1.36. The normalized spacial score (nSPS) is 20.0. The van der Waals surface area contributed by atoms with Gasteiger partial charge in [-0.15, -0.1) is 0 Å². The Morgan fingerprint density at radius 2 is 2.06 bits per heavy atom. The minimum absolute atomic E-state index is 0.646. The first-order valence-electron chi connectivity index (χ1n) is 6.87. The average molecular weight is 249 g/mol. The molecule has 2 heterocycles. The van der Waals surface area contributed by atoms with E-state index >= 15 is 0 Å². The summed E-state index contributed by atoms with van der Waals surface area (Å²) in [4.78, 5) is 10.9. The standard InChI is InChI=1S/C13H23N5/c1-3-14-12-8-13(17-10-16-12)15-9-11-6-5-7-18(11)4-2/h8,10-11H,3-7,9H2,1-2H3,(H2,14,15,16,17). The number of rotatable bonds is 6. The smallest absolute Gasteiger partial charge is 0.131 e. The van der Waals surface area contributed by atoms with Crippen molar-refractivity contribution < 1.29 is 0 Å². The molecular formula is C13H23N5. The van der Waals surface area contributed by atoms with Crippen LogP contribution >= 0.6 is 0 Å². The van der Waals surface area contributed by atoms with Crippen LogP contribution < -0.4 is 10.6 Å². The molecule has 5 nitrogen and oxygen atoms in total. The number of likely N-dealkylation sites (tertiary alicyclic amines) is 1. The number of hydrogen-bond donors (Lipinski definition) is 2. The predicted molar refractivity (Wildman–Crippen MR) is 75.0 cm³/mol. The van der Waals surface area contributed by atoms with Gasteiger partial charge >= 0.3 is 0 Å². The van der Waals surface area contributed by atoms with Crippen LogP contribution in [-0.2, 0) is 0 Å². The van der Waals surface area contributed by atoms with Gasteiger partial charge in [-0.25, -0.2) is 9.97 Å². The van der Waals surface area contributed by atoms with Gasteiger partial charge < -0.3 is 10.6 Å². The van der Waals surface area contributed by atoms with Crippen LogP contribution in [0.2, 0.25) is 0 Å². The number of hydrogen-bond acceptors (Lipinski definition) is 5. The quantitative estimate of drug-likeness (QED) is 0.805. The van der Waals surface area contributed by atoms with E-state index < -0.39 is 0 Å². The van der Waals surface area contributed by atoms with Crippen molar-refractivity contribution in [2.75, 3.05) is 36.8 Å². The number of likely N-dealkylation sites (N-methyl/N-ethyl adjacent to an activating group) is 1. The monoisotopic (exact) mass is 249 g/mol. The van der Waals surface area contributed by atoms with Crippen molar-refractivity contribution in [3.8, 4) is 0 Å². The van der Waals surface area contributed by atoms with Gasteiger partial charge in [-0.05, 0) is 32.9 Å². The van der Waals surface area contributed by atoms with Gasteiger partial charge in [0.05, 0.1) is 0 Å². The Morgan fingerprint density at radius 1 is 1.28 bits per heavy atom. The molecule has 100 valence electrons. The van der Waals surface area contributed by atoms with Crippen LogP contribution in [0, 0.1) is 0 Å². The lowest BCUT2D eigenvalue weighted by Gasteiger charge is -2.23. The molecular weight excluding hydrogens is 226 g/mol. The minimum Gasteiger partial charge on any atom is -0.370 e.